The van der Waals surface area contributed by atoms with E-state index in [0.29, 0.717) is 36.9 Å². The van der Waals surface area contributed by atoms with Crippen LogP contribution in [0, 0.1) is 0 Å². The van der Waals surface area contributed by atoms with Gasteiger partial charge in [-0.25, -0.2) is 0 Å². The largest absolute Gasteiger partial charge is 0.461 e. The maximum absolute atomic E-state index is 12.8. The van der Waals surface area contributed by atoms with E-state index in [2.05, 4.69) is 24.9 Å². The molecule has 158 valence electrons. The van der Waals surface area contributed by atoms with Crippen LogP contribution in [0.1, 0.15) is 62.0 Å². The molecule has 1 unspecified atom stereocenters. The minimum atomic E-state index is 0.119. The summed E-state index contributed by atoms with van der Waals surface area (Å²) in [7, 11) is 0. The summed E-state index contributed by atoms with van der Waals surface area (Å²) >= 11 is 0. The van der Waals surface area contributed by atoms with Crippen LogP contribution >= 0.6 is 0 Å². The molecule has 0 saturated carbocycles. The van der Waals surface area contributed by atoms with E-state index in [-0.39, 0.29) is 11.8 Å². The van der Waals surface area contributed by atoms with E-state index in [0.717, 1.165) is 44.0 Å². The number of furan rings is 1. The molecule has 1 fully saturated rings. The second-order valence-electron chi connectivity index (χ2n) is 8.10. The van der Waals surface area contributed by atoms with Crippen LogP contribution in [0.2, 0.25) is 0 Å². The number of nitrogens with zero attached hydrogens (tertiary/aromatic N) is 6. The molecule has 0 radical (unpaired) electrons. The predicted octanol–water partition coefficient (Wildman–Crippen LogP) is 2.99. The molecule has 1 saturated heterocycles. The first-order chi connectivity index (χ1) is 14.8. The van der Waals surface area contributed by atoms with E-state index >= 15 is 0 Å². The Labute approximate surface area is 174 Å². The topological polar surface area (TPSA) is 103 Å². The highest BCUT2D eigenvalue weighted by molar-refractivity contribution is 5.76. The number of amides is 1. The van der Waals surface area contributed by atoms with Crippen molar-refractivity contribution in [1.82, 2.24) is 29.8 Å². The van der Waals surface area contributed by atoms with E-state index in [1.54, 1.807) is 18.4 Å². The fraction of sp³-hybridized carbons (Fsp3) is 0.571. The number of aromatic nitrogens is 5. The average molecular weight is 410 g/mol. The highest BCUT2D eigenvalue weighted by Gasteiger charge is 2.29. The Kier molecular flexibility index (Phi) is 5.33. The Morgan fingerprint density at radius 1 is 1.17 bits per heavy atom. The molecule has 3 aromatic rings. The van der Waals surface area contributed by atoms with Gasteiger partial charge in [0.25, 0.3) is 0 Å². The Morgan fingerprint density at radius 2 is 2.13 bits per heavy atom. The fourth-order valence-electron chi connectivity index (χ4n) is 4.46. The van der Waals surface area contributed by atoms with Gasteiger partial charge in [-0.2, -0.15) is 4.98 Å². The van der Waals surface area contributed by atoms with Crippen molar-refractivity contribution in [2.24, 2.45) is 0 Å². The summed E-state index contributed by atoms with van der Waals surface area (Å²) in [6.07, 6.45) is 9.00. The number of hydrogen-bond donors (Lipinski definition) is 0. The van der Waals surface area contributed by atoms with Crippen molar-refractivity contribution < 1.29 is 13.7 Å². The molecular weight excluding hydrogens is 384 g/mol. The van der Waals surface area contributed by atoms with Gasteiger partial charge in [0.2, 0.25) is 17.6 Å². The Morgan fingerprint density at radius 3 is 3.03 bits per heavy atom. The van der Waals surface area contributed by atoms with Crippen LogP contribution in [0.5, 0.6) is 0 Å². The number of fused-ring (bicyclic) bond motifs is 1. The van der Waals surface area contributed by atoms with Crippen LogP contribution in [-0.4, -0.2) is 48.8 Å². The van der Waals surface area contributed by atoms with Crippen LogP contribution in [0.15, 0.2) is 27.3 Å². The summed E-state index contributed by atoms with van der Waals surface area (Å²) in [5.41, 5.74) is 0. The van der Waals surface area contributed by atoms with Crippen LogP contribution in [0.4, 0.5) is 0 Å². The molecule has 0 bridgehead atoms. The van der Waals surface area contributed by atoms with E-state index < -0.39 is 0 Å². The van der Waals surface area contributed by atoms with Crippen LogP contribution in [-0.2, 0) is 24.2 Å². The number of carbonyl (C=O) groups excluding carboxylic acids is 1. The van der Waals surface area contributed by atoms with Gasteiger partial charge in [0.15, 0.2) is 5.76 Å². The van der Waals surface area contributed by atoms with E-state index in [1.807, 2.05) is 4.90 Å². The van der Waals surface area contributed by atoms with Crippen molar-refractivity contribution in [2.45, 2.75) is 63.8 Å². The summed E-state index contributed by atoms with van der Waals surface area (Å²) in [6, 6.07) is 3.55. The Hall–Kier alpha value is -2.97. The summed E-state index contributed by atoms with van der Waals surface area (Å²) in [5.74, 6) is 3.96. The van der Waals surface area contributed by atoms with Gasteiger partial charge < -0.3 is 18.4 Å². The molecule has 1 amide bonds. The van der Waals surface area contributed by atoms with E-state index in [4.69, 9.17) is 8.94 Å². The highest BCUT2D eigenvalue weighted by atomic mass is 16.5. The lowest BCUT2D eigenvalue weighted by molar-refractivity contribution is -0.132. The molecule has 9 heteroatoms. The van der Waals surface area contributed by atoms with Crippen LogP contribution in [0.25, 0.3) is 11.6 Å². The van der Waals surface area contributed by atoms with Crippen LogP contribution < -0.4 is 0 Å². The van der Waals surface area contributed by atoms with Gasteiger partial charge in [0, 0.05) is 44.8 Å². The third-order valence-corrected chi connectivity index (χ3v) is 6.04. The second-order valence-corrected chi connectivity index (χ2v) is 8.10. The summed E-state index contributed by atoms with van der Waals surface area (Å²) in [6.45, 7) is 2.49. The molecule has 1 atom stereocenters. The summed E-state index contributed by atoms with van der Waals surface area (Å²) < 4.78 is 12.8. The predicted molar refractivity (Wildman–Crippen MR) is 106 cm³/mol. The third-order valence-electron chi connectivity index (χ3n) is 6.04. The van der Waals surface area contributed by atoms with Gasteiger partial charge in [-0.05, 0) is 37.8 Å². The first kappa shape index (κ1) is 19.0. The normalized spacial score (nSPS) is 19.5. The lowest BCUT2D eigenvalue weighted by atomic mass is 9.96. The molecule has 30 heavy (non-hydrogen) atoms. The zero-order chi connectivity index (χ0) is 20.3. The summed E-state index contributed by atoms with van der Waals surface area (Å²) in [4.78, 5) is 19.1. The zero-order valence-electron chi connectivity index (χ0n) is 17.0. The molecule has 9 nitrogen and oxygen atoms in total. The molecule has 2 aliphatic rings. The molecule has 5 heterocycles. The molecular formula is C21H26N6O3. The van der Waals surface area contributed by atoms with E-state index in [1.165, 1.54) is 19.3 Å². The SMILES string of the molecule is O=C(CCc1nc(-c2ccco2)no1)N1CCCC(c2nnc3n2CCCCC3)C1. The maximum Gasteiger partial charge on any atom is 0.238 e. The number of piperidine rings is 1. The molecule has 0 N–H and O–H groups in total. The minimum Gasteiger partial charge on any atom is -0.461 e. The smallest absolute Gasteiger partial charge is 0.238 e. The molecule has 5 rings (SSSR count). The quantitative estimate of drug-likeness (QED) is 0.637. The van der Waals surface area contributed by atoms with Gasteiger partial charge in [-0.3, -0.25) is 4.79 Å². The number of rotatable bonds is 5. The first-order valence-corrected chi connectivity index (χ1v) is 10.8. The van der Waals surface area contributed by atoms with Crippen LogP contribution in [0.3, 0.4) is 0 Å². The van der Waals surface area contributed by atoms with Gasteiger partial charge in [0.05, 0.1) is 6.26 Å². The van der Waals surface area contributed by atoms with Crippen molar-refractivity contribution >= 4 is 5.91 Å². The van der Waals surface area contributed by atoms with Gasteiger partial charge in [-0.1, -0.05) is 11.6 Å². The molecule has 2 aliphatic heterocycles. The van der Waals surface area contributed by atoms with Crippen molar-refractivity contribution in [2.75, 3.05) is 13.1 Å². The third kappa shape index (κ3) is 3.88. The fourth-order valence-corrected chi connectivity index (χ4v) is 4.46. The molecule has 0 aliphatic carbocycles. The second kappa shape index (κ2) is 8.41. The highest BCUT2D eigenvalue weighted by Crippen LogP contribution is 2.28. The summed E-state index contributed by atoms with van der Waals surface area (Å²) in [5, 5.41) is 12.9. The molecule has 3 aromatic heterocycles. The molecule has 0 spiro atoms. The Balaban J connectivity index is 1.20. The van der Waals surface area contributed by atoms with Gasteiger partial charge in [0.1, 0.15) is 11.6 Å². The number of likely N-dealkylation sites (tertiary alicyclic amines) is 1. The lowest BCUT2D eigenvalue weighted by Gasteiger charge is -2.32. The maximum atomic E-state index is 12.8. The van der Waals surface area contributed by atoms with E-state index in [9.17, 15) is 4.79 Å². The number of carbonyl (C=O) groups is 1. The monoisotopic (exact) mass is 410 g/mol. The Bertz CT molecular complexity index is 992. The van der Waals surface area contributed by atoms with Crippen molar-refractivity contribution in [3.8, 4) is 11.6 Å². The minimum absolute atomic E-state index is 0.119. The van der Waals surface area contributed by atoms with Gasteiger partial charge >= 0.3 is 0 Å². The van der Waals surface area contributed by atoms with Crippen molar-refractivity contribution in [3.63, 3.8) is 0 Å². The van der Waals surface area contributed by atoms with Gasteiger partial charge in [-0.15, -0.1) is 10.2 Å². The standard InChI is InChI=1S/C21H26N6O3/c28-19(10-9-18-22-20(25-30-18)16-7-5-13-29-16)26-11-4-6-15(14-26)21-24-23-17-8-2-1-3-12-27(17)21/h5,7,13,15H,1-4,6,8-12,14H2. The number of aryl methyl sites for hydroxylation is 2. The number of hydrogen-bond acceptors (Lipinski definition) is 7. The lowest BCUT2D eigenvalue weighted by Crippen LogP contribution is -2.40. The van der Waals surface area contributed by atoms with Crippen molar-refractivity contribution in [3.05, 3.63) is 35.9 Å². The van der Waals surface area contributed by atoms with Crippen molar-refractivity contribution in [1.29, 1.82) is 0 Å². The average Bonchev–Trinajstić information content (AvgIpc) is 3.51. The zero-order valence-corrected chi connectivity index (χ0v) is 17.0. The first-order valence-electron chi connectivity index (χ1n) is 10.8. The molecule has 0 aromatic carbocycles.